The van der Waals surface area contributed by atoms with E-state index >= 15 is 0 Å². The highest BCUT2D eigenvalue weighted by Crippen LogP contribution is 2.19. The van der Waals surface area contributed by atoms with Gasteiger partial charge in [-0.1, -0.05) is 6.07 Å². The van der Waals surface area contributed by atoms with Gasteiger partial charge in [-0.2, -0.15) is 0 Å². The van der Waals surface area contributed by atoms with Crippen molar-refractivity contribution in [2.45, 2.75) is 12.5 Å². The van der Waals surface area contributed by atoms with Crippen LogP contribution in [0.15, 0.2) is 18.2 Å². The highest BCUT2D eigenvalue weighted by atomic mass is 19.2. The Balaban J connectivity index is 2.78. The Bertz CT molecular complexity index is 366. The lowest BCUT2D eigenvalue weighted by atomic mass is 10.1. The summed E-state index contributed by atoms with van der Waals surface area (Å²) in [6, 6.07) is 2.96. The van der Waals surface area contributed by atoms with E-state index in [-0.39, 0.29) is 12.0 Å². The molecule has 0 aliphatic carbocycles. The quantitative estimate of drug-likeness (QED) is 0.780. The first kappa shape index (κ1) is 11.6. The minimum absolute atomic E-state index is 0.138. The minimum atomic E-state index is -1.19. The summed E-state index contributed by atoms with van der Waals surface area (Å²) in [5, 5.41) is 9.45. The summed E-state index contributed by atoms with van der Waals surface area (Å²) in [6.07, 6.45) is -1.48. The largest absolute Gasteiger partial charge is 0.469 e. The van der Waals surface area contributed by atoms with Crippen LogP contribution in [-0.4, -0.2) is 18.2 Å². The molecule has 1 atom stereocenters. The van der Waals surface area contributed by atoms with Crippen molar-refractivity contribution in [2.75, 3.05) is 7.11 Å². The number of rotatable bonds is 3. The Labute approximate surface area is 85.3 Å². The van der Waals surface area contributed by atoms with Crippen LogP contribution < -0.4 is 0 Å². The molecule has 0 saturated carbocycles. The van der Waals surface area contributed by atoms with E-state index in [9.17, 15) is 18.7 Å². The van der Waals surface area contributed by atoms with Gasteiger partial charge in [0.25, 0.3) is 0 Å². The van der Waals surface area contributed by atoms with Gasteiger partial charge >= 0.3 is 5.97 Å². The average molecular weight is 216 g/mol. The van der Waals surface area contributed by atoms with Crippen LogP contribution in [0.2, 0.25) is 0 Å². The molecule has 1 N–H and O–H groups in total. The van der Waals surface area contributed by atoms with E-state index in [0.717, 1.165) is 12.1 Å². The molecule has 0 radical (unpaired) electrons. The third-order valence-corrected chi connectivity index (χ3v) is 1.92. The minimum Gasteiger partial charge on any atom is -0.469 e. The zero-order valence-electron chi connectivity index (χ0n) is 8.04. The number of methoxy groups -OCH3 is 1. The lowest BCUT2D eigenvalue weighted by Crippen LogP contribution is -2.08. The SMILES string of the molecule is COC(=O)CC(O)c1ccc(F)c(F)c1. The van der Waals surface area contributed by atoms with Crippen molar-refractivity contribution < 1.29 is 23.4 Å². The van der Waals surface area contributed by atoms with Crippen molar-refractivity contribution in [3.05, 3.63) is 35.4 Å². The third kappa shape index (κ3) is 2.99. The molecule has 0 fully saturated rings. The normalized spacial score (nSPS) is 12.3. The molecule has 0 aromatic heterocycles. The highest BCUT2D eigenvalue weighted by molar-refractivity contribution is 5.70. The van der Waals surface area contributed by atoms with Gasteiger partial charge in [0.05, 0.1) is 19.6 Å². The molecule has 82 valence electrons. The number of aliphatic hydroxyl groups excluding tert-OH is 1. The van der Waals surface area contributed by atoms with Crippen LogP contribution >= 0.6 is 0 Å². The van der Waals surface area contributed by atoms with Gasteiger partial charge in [-0.3, -0.25) is 4.79 Å². The van der Waals surface area contributed by atoms with Crippen LogP contribution in [0, 0.1) is 11.6 Å². The van der Waals surface area contributed by atoms with Crippen LogP contribution in [-0.2, 0) is 9.53 Å². The number of ether oxygens (including phenoxy) is 1. The average Bonchev–Trinajstić information content (AvgIpc) is 2.21. The van der Waals surface area contributed by atoms with Crippen LogP contribution in [0.4, 0.5) is 8.78 Å². The summed E-state index contributed by atoms with van der Waals surface area (Å²) in [5.74, 6) is -2.67. The number of esters is 1. The summed E-state index contributed by atoms with van der Waals surface area (Å²) in [5.41, 5.74) is 0.138. The van der Waals surface area contributed by atoms with Crippen molar-refractivity contribution in [1.29, 1.82) is 0 Å². The fraction of sp³-hybridized carbons (Fsp3) is 0.300. The molecule has 5 heteroatoms. The Morgan fingerprint density at radius 2 is 2.13 bits per heavy atom. The van der Waals surface area contributed by atoms with E-state index < -0.39 is 23.7 Å². The van der Waals surface area contributed by atoms with E-state index in [4.69, 9.17) is 0 Å². The molecule has 0 saturated heterocycles. The van der Waals surface area contributed by atoms with Crippen LogP contribution in [0.5, 0.6) is 0 Å². The molecule has 1 aromatic carbocycles. The fourth-order valence-corrected chi connectivity index (χ4v) is 1.08. The van der Waals surface area contributed by atoms with Crippen LogP contribution in [0.25, 0.3) is 0 Å². The number of benzene rings is 1. The van der Waals surface area contributed by atoms with Crippen molar-refractivity contribution in [3.8, 4) is 0 Å². The van der Waals surface area contributed by atoms with E-state index in [0.29, 0.717) is 0 Å². The Hall–Kier alpha value is -1.49. The number of hydrogen-bond donors (Lipinski definition) is 1. The summed E-state index contributed by atoms with van der Waals surface area (Å²) < 4.78 is 29.6. The fourth-order valence-electron chi connectivity index (χ4n) is 1.08. The lowest BCUT2D eigenvalue weighted by Gasteiger charge is -2.09. The molecular formula is C10H10F2O3. The molecule has 1 rings (SSSR count). The summed E-state index contributed by atoms with van der Waals surface area (Å²) in [6.45, 7) is 0. The van der Waals surface area contributed by atoms with Crippen molar-refractivity contribution in [3.63, 3.8) is 0 Å². The maximum atomic E-state index is 12.8. The molecule has 1 unspecified atom stereocenters. The highest BCUT2D eigenvalue weighted by Gasteiger charge is 2.14. The lowest BCUT2D eigenvalue weighted by molar-refractivity contribution is -0.142. The second-order valence-electron chi connectivity index (χ2n) is 2.97. The van der Waals surface area contributed by atoms with Gasteiger partial charge in [-0.05, 0) is 17.7 Å². The Morgan fingerprint density at radius 3 is 2.67 bits per heavy atom. The predicted octanol–water partition coefficient (Wildman–Crippen LogP) is 1.56. The number of carbonyl (C=O) groups is 1. The number of hydrogen-bond acceptors (Lipinski definition) is 3. The molecule has 3 nitrogen and oxygen atoms in total. The number of aliphatic hydroxyl groups is 1. The molecule has 0 heterocycles. The van der Waals surface area contributed by atoms with Gasteiger partial charge in [0.1, 0.15) is 0 Å². The molecule has 0 amide bonds. The second-order valence-corrected chi connectivity index (χ2v) is 2.97. The Kier molecular flexibility index (Phi) is 3.74. The van der Waals surface area contributed by atoms with Crippen LogP contribution in [0.3, 0.4) is 0 Å². The first-order valence-electron chi connectivity index (χ1n) is 4.24. The van der Waals surface area contributed by atoms with Crippen LogP contribution in [0.1, 0.15) is 18.1 Å². The van der Waals surface area contributed by atoms with Gasteiger partial charge in [0.15, 0.2) is 11.6 Å². The maximum Gasteiger partial charge on any atom is 0.308 e. The molecule has 1 aromatic rings. The third-order valence-electron chi connectivity index (χ3n) is 1.92. The topological polar surface area (TPSA) is 46.5 Å². The first-order valence-corrected chi connectivity index (χ1v) is 4.24. The van der Waals surface area contributed by atoms with Gasteiger partial charge in [-0.25, -0.2) is 8.78 Å². The second kappa shape index (κ2) is 4.84. The number of halogens is 2. The van der Waals surface area contributed by atoms with E-state index in [2.05, 4.69) is 4.74 Å². The first-order chi connectivity index (χ1) is 7.04. The van der Waals surface area contributed by atoms with Crippen molar-refractivity contribution in [1.82, 2.24) is 0 Å². The predicted molar refractivity (Wildman–Crippen MR) is 48.0 cm³/mol. The van der Waals surface area contributed by atoms with E-state index in [1.54, 1.807) is 0 Å². The van der Waals surface area contributed by atoms with Gasteiger partial charge < -0.3 is 9.84 Å². The molecular weight excluding hydrogens is 206 g/mol. The maximum absolute atomic E-state index is 12.8. The Morgan fingerprint density at radius 1 is 1.47 bits per heavy atom. The van der Waals surface area contributed by atoms with E-state index in [1.165, 1.54) is 13.2 Å². The molecule has 15 heavy (non-hydrogen) atoms. The zero-order valence-corrected chi connectivity index (χ0v) is 8.04. The monoisotopic (exact) mass is 216 g/mol. The standard InChI is InChI=1S/C10H10F2O3/c1-15-10(14)5-9(13)6-2-3-7(11)8(12)4-6/h2-4,9,13H,5H2,1H3. The smallest absolute Gasteiger partial charge is 0.308 e. The van der Waals surface area contributed by atoms with E-state index in [1.807, 2.05) is 0 Å². The molecule has 0 aliphatic rings. The zero-order chi connectivity index (χ0) is 11.4. The summed E-state index contributed by atoms with van der Waals surface area (Å²) in [4.78, 5) is 10.8. The van der Waals surface area contributed by atoms with Gasteiger partial charge in [0, 0.05) is 0 Å². The molecule has 0 bridgehead atoms. The van der Waals surface area contributed by atoms with Gasteiger partial charge in [-0.15, -0.1) is 0 Å². The van der Waals surface area contributed by atoms with Gasteiger partial charge in [0.2, 0.25) is 0 Å². The van der Waals surface area contributed by atoms with Crippen molar-refractivity contribution >= 4 is 5.97 Å². The number of carbonyl (C=O) groups excluding carboxylic acids is 1. The molecule has 0 spiro atoms. The summed E-state index contributed by atoms with van der Waals surface area (Å²) >= 11 is 0. The summed E-state index contributed by atoms with van der Waals surface area (Å²) in [7, 11) is 1.18. The van der Waals surface area contributed by atoms with Crippen molar-refractivity contribution in [2.24, 2.45) is 0 Å². The molecule has 0 aliphatic heterocycles.